The third-order valence-corrected chi connectivity index (χ3v) is 7.79. The standard InChI is InChI=1S/C24H28N4O3S/c1-31-19-6-4-17(5-7-19)25-24(30)26-18-3-2-16-12-22(32-21(16)13-18)23(29)27-20-14-28-10-8-15(20)9-11-28/h2-7,12,15,18,20H,8-11,13-14H2,1H3,(H,27,29)(H2,25,26,30)/t18?,20-/m0/s1. The van der Waals surface area contributed by atoms with Gasteiger partial charge in [-0.1, -0.05) is 12.2 Å². The number of ether oxygens (including phenoxy) is 1. The molecule has 1 aliphatic carbocycles. The fourth-order valence-corrected chi connectivity index (χ4v) is 5.93. The molecule has 3 N–H and O–H groups in total. The van der Waals surface area contributed by atoms with Crippen LogP contribution in [-0.4, -0.2) is 55.7 Å². The normalized spacial score (nSPS) is 25.7. The fraction of sp³-hybridized carbons (Fsp3) is 0.417. The number of nitrogens with one attached hydrogen (secondary N) is 3. The summed E-state index contributed by atoms with van der Waals surface area (Å²) in [7, 11) is 1.61. The predicted octanol–water partition coefficient (Wildman–Crippen LogP) is 3.34. The molecule has 3 aliphatic heterocycles. The molecule has 4 heterocycles. The SMILES string of the molecule is COc1ccc(NC(=O)NC2C=Cc3cc(C(=O)N[C@H]4CN5CCC4CC5)sc3C2)cc1. The molecule has 0 spiro atoms. The van der Waals surface area contributed by atoms with Gasteiger partial charge in [0.15, 0.2) is 0 Å². The Hall–Kier alpha value is -2.84. The number of urea groups is 1. The number of rotatable bonds is 5. The first-order valence-corrected chi connectivity index (χ1v) is 11.9. The van der Waals surface area contributed by atoms with Crippen molar-refractivity contribution in [2.45, 2.75) is 31.3 Å². The van der Waals surface area contributed by atoms with Gasteiger partial charge in [0, 0.05) is 29.6 Å². The highest BCUT2D eigenvalue weighted by atomic mass is 32.1. The summed E-state index contributed by atoms with van der Waals surface area (Å²) in [5.41, 5.74) is 1.77. The van der Waals surface area contributed by atoms with Crippen LogP contribution in [0.5, 0.6) is 5.75 Å². The van der Waals surface area contributed by atoms with Crippen molar-refractivity contribution in [2.75, 3.05) is 32.1 Å². The quantitative estimate of drug-likeness (QED) is 0.650. The molecule has 168 valence electrons. The molecule has 2 atom stereocenters. The highest BCUT2D eigenvalue weighted by Gasteiger charge is 2.35. The van der Waals surface area contributed by atoms with Gasteiger partial charge in [-0.25, -0.2) is 4.79 Å². The van der Waals surface area contributed by atoms with Crippen LogP contribution in [0.3, 0.4) is 0 Å². The van der Waals surface area contributed by atoms with E-state index >= 15 is 0 Å². The van der Waals surface area contributed by atoms with Crippen LogP contribution in [0, 0.1) is 5.92 Å². The first-order valence-electron chi connectivity index (χ1n) is 11.1. The van der Waals surface area contributed by atoms with Crippen LogP contribution in [0.1, 0.15) is 33.0 Å². The number of thiophene rings is 1. The van der Waals surface area contributed by atoms with Gasteiger partial charge in [-0.15, -0.1) is 11.3 Å². The minimum Gasteiger partial charge on any atom is -0.497 e. The van der Waals surface area contributed by atoms with Gasteiger partial charge in [0.2, 0.25) is 0 Å². The second-order valence-electron chi connectivity index (χ2n) is 8.70. The van der Waals surface area contributed by atoms with Crippen molar-refractivity contribution < 1.29 is 14.3 Å². The Labute approximate surface area is 191 Å². The van der Waals surface area contributed by atoms with Gasteiger partial charge >= 0.3 is 6.03 Å². The Morgan fingerprint density at radius 2 is 1.91 bits per heavy atom. The topological polar surface area (TPSA) is 82.7 Å². The molecule has 1 aromatic carbocycles. The second-order valence-corrected chi connectivity index (χ2v) is 9.84. The van der Waals surface area contributed by atoms with Gasteiger partial charge in [-0.2, -0.15) is 0 Å². The van der Waals surface area contributed by atoms with E-state index in [0.29, 0.717) is 18.0 Å². The number of fused-ring (bicyclic) bond motifs is 4. The molecule has 3 fully saturated rings. The third kappa shape index (κ3) is 4.52. The van der Waals surface area contributed by atoms with Crippen molar-refractivity contribution in [1.29, 1.82) is 0 Å². The van der Waals surface area contributed by atoms with E-state index in [1.54, 1.807) is 31.4 Å². The number of piperidine rings is 3. The highest BCUT2D eigenvalue weighted by Crippen LogP contribution is 2.31. The summed E-state index contributed by atoms with van der Waals surface area (Å²) in [6.07, 6.45) is 7.03. The van der Waals surface area contributed by atoms with Crippen LogP contribution in [0.25, 0.3) is 6.08 Å². The van der Waals surface area contributed by atoms with Gasteiger partial charge in [-0.3, -0.25) is 4.79 Å². The van der Waals surface area contributed by atoms with Crippen molar-refractivity contribution in [1.82, 2.24) is 15.5 Å². The zero-order valence-electron chi connectivity index (χ0n) is 18.1. The zero-order chi connectivity index (χ0) is 22.1. The molecule has 2 bridgehead atoms. The second kappa shape index (κ2) is 8.96. The van der Waals surface area contributed by atoms with Gasteiger partial charge in [0.05, 0.1) is 18.0 Å². The maximum absolute atomic E-state index is 12.9. The minimum atomic E-state index is -0.259. The zero-order valence-corrected chi connectivity index (χ0v) is 18.9. The Balaban J connectivity index is 1.16. The first-order chi connectivity index (χ1) is 15.6. The summed E-state index contributed by atoms with van der Waals surface area (Å²) in [5.74, 6) is 1.37. The van der Waals surface area contributed by atoms with Crippen molar-refractivity contribution in [3.8, 4) is 5.75 Å². The predicted molar refractivity (Wildman–Crippen MR) is 126 cm³/mol. The number of carbonyl (C=O) groups excluding carboxylic acids is 2. The van der Waals surface area contributed by atoms with Crippen molar-refractivity contribution >= 4 is 35.0 Å². The van der Waals surface area contributed by atoms with E-state index < -0.39 is 0 Å². The van der Waals surface area contributed by atoms with Gasteiger partial charge in [0.25, 0.3) is 5.91 Å². The average Bonchev–Trinajstić information content (AvgIpc) is 3.24. The Bertz CT molecular complexity index is 1020. The van der Waals surface area contributed by atoms with Crippen LogP contribution >= 0.6 is 11.3 Å². The summed E-state index contributed by atoms with van der Waals surface area (Å²) in [6, 6.07) is 9.06. The van der Waals surface area contributed by atoms with E-state index in [1.807, 2.05) is 18.2 Å². The smallest absolute Gasteiger partial charge is 0.319 e. The Morgan fingerprint density at radius 3 is 2.59 bits per heavy atom. The molecule has 0 radical (unpaired) electrons. The molecule has 3 amide bonds. The number of methoxy groups -OCH3 is 1. The van der Waals surface area contributed by atoms with Gasteiger partial charge in [-0.05, 0) is 67.7 Å². The molecule has 0 saturated carbocycles. The number of hydrogen-bond acceptors (Lipinski definition) is 5. The van der Waals surface area contributed by atoms with E-state index in [-0.39, 0.29) is 24.0 Å². The van der Waals surface area contributed by atoms with E-state index in [9.17, 15) is 9.59 Å². The van der Waals surface area contributed by atoms with E-state index in [2.05, 4.69) is 20.9 Å². The van der Waals surface area contributed by atoms with Gasteiger partial charge in [0.1, 0.15) is 5.75 Å². The van der Waals surface area contributed by atoms with Gasteiger partial charge < -0.3 is 25.6 Å². The average molecular weight is 453 g/mol. The molecule has 2 aromatic rings. The molecule has 32 heavy (non-hydrogen) atoms. The highest BCUT2D eigenvalue weighted by molar-refractivity contribution is 7.14. The molecule has 1 aromatic heterocycles. The van der Waals surface area contributed by atoms with Crippen LogP contribution in [-0.2, 0) is 6.42 Å². The summed E-state index contributed by atoms with van der Waals surface area (Å²) >= 11 is 1.53. The maximum atomic E-state index is 12.9. The van der Waals surface area contributed by atoms with E-state index in [0.717, 1.165) is 40.7 Å². The summed E-state index contributed by atoms with van der Waals surface area (Å²) < 4.78 is 5.14. The monoisotopic (exact) mass is 452 g/mol. The molecule has 6 rings (SSSR count). The molecular formula is C24H28N4O3S. The number of anilines is 1. The fourth-order valence-electron chi connectivity index (χ4n) is 4.82. The van der Waals surface area contributed by atoms with Crippen molar-refractivity contribution in [2.24, 2.45) is 5.92 Å². The van der Waals surface area contributed by atoms with Crippen LogP contribution in [0.15, 0.2) is 36.4 Å². The number of hydrogen-bond donors (Lipinski definition) is 3. The minimum absolute atomic E-state index is 0.0262. The first kappa shape index (κ1) is 21.0. The molecule has 7 nitrogen and oxygen atoms in total. The largest absolute Gasteiger partial charge is 0.497 e. The lowest BCUT2D eigenvalue weighted by Gasteiger charge is -2.44. The Morgan fingerprint density at radius 1 is 1.12 bits per heavy atom. The molecule has 8 heteroatoms. The third-order valence-electron chi connectivity index (χ3n) is 6.62. The summed E-state index contributed by atoms with van der Waals surface area (Å²) in [4.78, 5) is 29.6. The number of amides is 3. The van der Waals surface area contributed by atoms with Crippen LogP contribution < -0.4 is 20.7 Å². The van der Waals surface area contributed by atoms with Crippen molar-refractivity contribution in [3.63, 3.8) is 0 Å². The van der Waals surface area contributed by atoms with E-state index in [1.165, 1.54) is 24.2 Å². The molecule has 1 unspecified atom stereocenters. The van der Waals surface area contributed by atoms with E-state index in [4.69, 9.17) is 4.74 Å². The molecular weight excluding hydrogens is 424 g/mol. The van der Waals surface area contributed by atoms with Crippen LogP contribution in [0.4, 0.5) is 10.5 Å². The number of nitrogens with zero attached hydrogens (tertiary/aromatic N) is 1. The van der Waals surface area contributed by atoms with Crippen LogP contribution in [0.2, 0.25) is 0 Å². The summed E-state index contributed by atoms with van der Waals surface area (Å²) in [5, 5.41) is 9.11. The van der Waals surface area contributed by atoms with Crippen molar-refractivity contribution in [3.05, 3.63) is 51.7 Å². The lowest BCUT2D eigenvalue weighted by atomic mass is 9.84. The lowest BCUT2D eigenvalue weighted by Crippen LogP contribution is -2.57. The Kier molecular flexibility index (Phi) is 5.89. The number of carbonyl (C=O) groups is 2. The summed E-state index contributed by atoms with van der Waals surface area (Å²) in [6.45, 7) is 3.29. The molecule has 4 aliphatic rings. The maximum Gasteiger partial charge on any atom is 0.319 e. The molecule has 3 saturated heterocycles. The number of benzene rings is 1. The lowest BCUT2D eigenvalue weighted by molar-refractivity contribution is 0.0622.